The predicted molar refractivity (Wildman–Crippen MR) is 172 cm³/mol. The number of aliphatic hydroxyl groups is 1. The minimum absolute atomic E-state index is 0.0332. The molecule has 0 aromatic heterocycles. The van der Waals surface area contributed by atoms with Crippen molar-refractivity contribution in [2.45, 2.75) is 128 Å². The number of phosphoric ester groups is 1. The van der Waals surface area contributed by atoms with Crippen LogP contribution in [0.3, 0.4) is 0 Å². The first-order valence-corrected chi connectivity index (χ1v) is 18.1. The van der Waals surface area contributed by atoms with E-state index >= 15 is 0 Å². The van der Waals surface area contributed by atoms with Gasteiger partial charge in [-0.15, -0.1) is 0 Å². The molecule has 0 saturated carbocycles. The maximum Gasteiger partial charge on any atom is 0.472 e. The first-order valence-electron chi connectivity index (χ1n) is 16.6. The molecule has 45 heavy (non-hydrogen) atoms. The summed E-state index contributed by atoms with van der Waals surface area (Å²) < 4.78 is 33.5. The fraction of sp³-hybridized carbons (Fsp3) is 0.844. The molecule has 0 heterocycles. The number of hydrogen-bond donors (Lipinski definition) is 3. The lowest BCUT2D eigenvalue weighted by Gasteiger charge is -2.24. The minimum atomic E-state index is -4.45. The van der Waals surface area contributed by atoms with E-state index in [4.69, 9.17) is 23.6 Å². The van der Waals surface area contributed by atoms with Gasteiger partial charge in [0.15, 0.2) is 6.10 Å². The Balaban J connectivity index is 4.52. The van der Waals surface area contributed by atoms with Gasteiger partial charge in [0.2, 0.25) is 0 Å². The van der Waals surface area contributed by atoms with Crippen LogP contribution in [0.5, 0.6) is 0 Å². The second-order valence-corrected chi connectivity index (χ2v) is 14.0. The molecule has 0 aliphatic rings. The van der Waals surface area contributed by atoms with Gasteiger partial charge in [0, 0.05) is 18.9 Å². The lowest BCUT2D eigenvalue weighted by Crippen LogP contribution is -2.37. The Bertz CT molecular complexity index is 876. The van der Waals surface area contributed by atoms with Gasteiger partial charge in [-0.1, -0.05) is 84.0 Å². The van der Waals surface area contributed by atoms with E-state index in [0.29, 0.717) is 17.4 Å². The first kappa shape index (κ1) is 43.2. The van der Waals surface area contributed by atoms with Crippen LogP contribution in [0.4, 0.5) is 0 Å². The van der Waals surface area contributed by atoms with Gasteiger partial charge in [0.1, 0.15) is 19.8 Å². The molecule has 3 atom stereocenters. The summed E-state index contributed by atoms with van der Waals surface area (Å²) in [6.45, 7) is 1.77. The predicted octanol–water partition coefficient (Wildman–Crippen LogP) is 5.93. The number of esters is 2. The average Bonchev–Trinajstić information content (AvgIpc) is 2.95. The zero-order valence-electron chi connectivity index (χ0n) is 28.2. The van der Waals surface area contributed by atoms with Crippen LogP contribution in [-0.4, -0.2) is 97.2 Å². The highest BCUT2D eigenvalue weighted by Gasteiger charge is 2.27. The molecule has 3 N–H and O–H groups in total. The summed E-state index contributed by atoms with van der Waals surface area (Å²) in [4.78, 5) is 45.3. The Hall–Kier alpha value is -1.82. The van der Waals surface area contributed by atoms with Crippen molar-refractivity contribution in [3.63, 3.8) is 0 Å². The van der Waals surface area contributed by atoms with Gasteiger partial charge in [-0.05, 0) is 25.3 Å². The maximum absolute atomic E-state index is 12.4. The molecule has 0 aliphatic heterocycles. The number of aliphatic hydroxyl groups excluding tert-OH is 1. The summed E-state index contributed by atoms with van der Waals surface area (Å²) in [6.07, 6.45) is 15.6. The summed E-state index contributed by atoms with van der Waals surface area (Å²) in [6, 6.07) is 0. The number of hydrogen-bond acceptors (Lipinski definition) is 9. The first-order chi connectivity index (χ1) is 21.2. The van der Waals surface area contributed by atoms with Crippen LogP contribution in [0.25, 0.3) is 0 Å². The van der Waals surface area contributed by atoms with Gasteiger partial charge in [-0.2, -0.15) is 0 Å². The van der Waals surface area contributed by atoms with Crippen molar-refractivity contribution in [3.05, 3.63) is 12.2 Å². The van der Waals surface area contributed by atoms with E-state index in [1.165, 1.54) is 57.8 Å². The van der Waals surface area contributed by atoms with Crippen LogP contribution in [0.1, 0.15) is 116 Å². The van der Waals surface area contributed by atoms with Crippen molar-refractivity contribution in [2.75, 3.05) is 47.5 Å². The molecule has 264 valence electrons. The summed E-state index contributed by atoms with van der Waals surface area (Å²) in [7, 11) is 1.25. The number of nitrogens with zero attached hydrogens (tertiary/aromatic N) is 1. The molecule has 0 amide bonds. The molecular formula is C32H61NO11P+. The van der Waals surface area contributed by atoms with E-state index in [1.54, 1.807) is 0 Å². The number of carboxylic acids is 1. The third kappa shape index (κ3) is 30.6. The van der Waals surface area contributed by atoms with Crippen LogP contribution in [0.15, 0.2) is 12.2 Å². The van der Waals surface area contributed by atoms with Gasteiger partial charge in [-0.25, -0.2) is 9.36 Å². The van der Waals surface area contributed by atoms with Crippen molar-refractivity contribution in [3.8, 4) is 0 Å². The van der Waals surface area contributed by atoms with Gasteiger partial charge in [0.05, 0.1) is 33.9 Å². The monoisotopic (exact) mass is 666 g/mol. The Labute approximate surface area is 270 Å². The van der Waals surface area contributed by atoms with Crippen molar-refractivity contribution in [1.82, 2.24) is 0 Å². The molecule has 0 radical (unpaired) electrons. The number of unbranched alkanes of at least 4 members (excludes halogenated alkanes) is 12. The largest absolute Gasteiger partial charge is 0.478 e. The number of aliphatic carboxylic acids is 1. The molecule has 2 unspecified atom stereocenters. The standard InChI is InChI=1S/C32H60NO11P/c1-5-6-7-8-9-10-11-12-13-14-15-16-17-20-31(37)41-26-29(27-43-45(39,40)42-25-24-33(2,3)4)44-32(38)21-18-19-28(34)22-23-30(35)36/h22-23,28-29,34H,5-21,24-27H2,1-4H3,(H-,35,36,39,40)/p+1/t28?,29-/m1/s1. The Morgan fingerprint density at radius 3 is 1.84 bits per heavy atom. The highest BCUT2D eigenvalue weighted by molar-refractivity contribution is 7.47. The number of carbonyl (C=O) groups excluding carboxylic acids is 2. The van der Waals surface area contributed by atoms with E-state index < -0.39 is 44.5 Å². The third-order valence-electron chi connectivity index (χ3n) is 6.99. The van der Waals surface area contributed by atoms with Crippen LogP contribution < -0.4 is 0 Å². The van der Waals surface area contributed by atoms with Crippen LogP contribution >= 0.6 is 7.82 Å². The molecule has 0 bridgehead atoms. The van der Waals surface area contributed by atoms with Crippen molar-refractivity contribution >= 4 is 25.7 Å². The Morgan fingerprint density at radius 2 is 1.31 bits per heavy atom. The third-order valence-corrected chi connectivity index (χ3v) is 7.98. The Kier molecular flexibility index (Phi) is 25.2. The molecule has 13 heteroatoms. The van der Waals surface area contributed by atoms with E-state index in [2.05, 4.69) is 6.92 Å². The molecule has 0 fully saturated rings. The zero-order chi connectivity index (χ0) is 34.0. The molecule has 0 aromatic rings. The van der Waals surface area contributed by atoms with E-state index in [-0.39, 0.29) is 38.9 Å². The SMILES string of the molecule is CCCCCCCCCCCCCCCC(=O)OC[C@H](COP(=O)(O)OCC[N+](C)(C)C)OC(=O)CCCC(O)C=CC(=O)O. The molecule has 12 nitrogen and oxygen atoms in total. The number of quaternary nitrogens is 1. The number of carboxylic acid groups (broad SMARTS) is 1. The average molecular weight is 667 g/mol. The van der Waals surface area contributed by atoms with Gasteiger partial charge in [-0.3, -0.25) is 18.6 Å². The molecule has 0 spiro atoms. The second kappa shape index (κ2) is 26.3. The lowest BCUT2D eigenvalue weighted by molar-refractivity contribution is -0.870. The summed E-state index contributed by atoms with van der Waals surface area (Å²) in [5, 5.41) is 18.4. The second-order valence-electron chi connectivity index (χ2n) is 12.6. The molecular weight excluding hydrogens is 605 g/mol. The normalized spacial score (nSPS) is 14.6. The molecule has 0 saturated heterocycles. The lowest BCUT2D eigenvalue weighted by atomic mass is 10.0. The maximum atomic E-state index is 12.4. The van der Waals surface area contributed by atoms with E-state index in [9.17, 15) is 28.9 Å². The summed E-state index contributed by atoms with van der Waals surface area (Å²) in [5.41, 5.74) is 0. The number of ether oxygens (including phenoxy) is 2. The van der Waals surface area contributed by atoms with Gasteiger partial charge < -0.3 is 29.1 Å². The molecule has 0 aliphatic carbocycles. The van der Waals surface area contributed by atoms with Crippen molar-refractivity contribution in [2.24, 2.45) is 0 Å². The van der Waals surface area contributed by atoms with Crippen LogP contribution in [0, 0.1) is 0 Å². The summed E-state index contributed by atoms with van der Waals surface area (Å²) >= 11 is 0. The quantitative estimate of drug-likeness (QED) is 0.0273. The zero-order valence-corrected chi connectivity index (χ0v) is 29.1. The van der Waals surface area contributed by atoms with Crippen LogP contribution in [0.2, 0.25) is 0 Å². The fourth-order valence-electron chi connectivity index (χ4n) is 4.30. The van der Waals surface area contributed by atoms with Crippen molar-refractivity contribution < 1.29 is 57.1 Å². The number of phosphoric acid groups is 1. The smallest absolute Gasteiger partial charge is 0.472 e. The van der Waals surface area contributed by atoms with Gasteiger partial charge in [0.25, 0.3) is 0 Å². The number of carbonyl (C=O) groups is 3. The topological polar surface area (TPSA) is 166 Å². The number of rotatable bonds is 30. The Morgan fingerprint density at radius 1 is 0.778 bits per heavy atom. The van der Waals surface area contributed by atoms with E-state index in [0.717, 1.165) is 31.4 Å². The minimum Gasteiger partial charge on any atom is -0.478 e. The highest BCUT2D eigenvalue weighted by atomic mass is 31.2. The molecule has 0 aromatic carbocycles. The highest BCUT2D eigenvalue weighted by Crippen LogP contribution is 2.43. The van der Waals surface area contributed by atoms with Crippen LogP contribution in [-0.2, 0) is 37.5 Å². The van der Waals surface area contributed by atoms with Crippen molar-refractivity contribution in [1.29, 1.82) is 0 Å². The summed E-state index contributed by atoms with van der Waals surface area (Å²) in [5.74, 6) is -2.34. The van der Waals surface area contributed by atoms with Gasteiger partial charge >= 0.3 is 25.7 Å². The number of likely N-dealkylation sites (N-methyl/N-ethyl adjacent to an activating group) is 1. The van der Waals surface area contributed by atoms with E-state index in [1.807, 2.05) is 21.1 Å². The molecule has 0 rings (SSSR count). The fourth-order valence-corrected chi connectivity index (χ4v) is 5.04.